The Morgan fingerprint density at radius 2 is 2.13 bits per heavy atom. The first-order chi connectivity index (χ1) is 14.7. The molecule has 0 spiro atoms. The third-order valence-electron chi connectivity index (χ3n) is 5.52. The smallest absolute Gasteiger partial charge is 0.198 e. The molecule has 162 valence electrons. The summed E-state index contributed by atoms with van der Waals surface area (Å²) in [6.45, 7) is 3.96. The lowest BCUT2D eigenvalue weighted by atomic mass is 10.1. The largest absolute Gasteiger partial charge is 0.493 e. The number of piperidine rings is 1. The van der Waals surface area contributed by atoms with Crippen molar-refractivity contribution in [1.82, 2.24) is 9.97 Å². The Hall–Kier alpha value is -2.19. The molecule has 30 heavy (non-hydrogen) atoms. The summed E-state index contributed by atoms with van der Waals surface area (Å²) in [5.74, 6) is 0.999. The Morgan fingerprint density at radius 3 is 2.90 bits per heavy atom. The first-order valence-electron chi connectivity index (χ1n) is 10.6. The lowest BCUT2D eigenvalue weighted by Gasteiger charge is -2.25. The zero-order valence-corrected chi connectivity index (χ0v) is 18.0. The van der Waals surface area contributed by atoms with Crippen LogP contribution in [0, 0.1) is 5.92 Å². The van der Waals surface area contributed by atoms with Gasteiger partial charge in [0.15, 0.2) is 16.6 Å². The van der Waals surface area contributed by atoms with Gasteiger partial charge in [-0.25, -0.2) is 9.97 Å². The van der Waals surface area contributed by atoms with Crippen molar-refractivity contribution in [3.8, 4) is 5.75 Å². The normalized spacial score (nSPS) is 16.7. The van der Waals surface area contributed by atoms with Crippen molar-refractivity contribution in [3.63, 3.8) is 0 Å². The molecule has 1 saturated heterocycles. The minimum absolute atomic E-state index is 0.102. The van der Waals surface area contributed by atoms with Crippen molar-refractivity contribution < 1.29 is 18.7 Å². The van der Waals surface area contributed by atoms with Gasteiger partial charge in [-0.1, -0.05) is 18.3 Å². The van der Waals surface area contributed by atoms with Crippen LogP contribution in [0.5, 0.6) is 5.75 Å². The molecular weight excluding hydrogens is 405 g/mol. The first kappa shape index (κ1) is 21.1. The Bertz CT molecular complexity index is 950. The maximum atomic E-state index is 12.8. The first-order valence-corrected chi connectivity index (χ1v) is 11.4. The molecule has 1 N–H and O–H groups in total. The van der Waals surface area contributed by atoms with Crippen LogP contribution in [-0.2, 0) is 6.42 Å². The summed E-state index contributed by atoms with van der Waals surface area (Å²) in [6, 6.07) is 5.40. The van der Waals surface area contributed by atoms with Crippen LogP contribution in [0.2, 0.25) is 0 Å². The molecule has 2 atom stereocenters. The second kappa shape index (κ2) is 9.75. The van der Waals surface area contributed by atoms with Gasteiger partial charge in [-0.05, 0) is 37.8 Å². The second-order valence-corrected chi connectivity index (χ2v) is 8.83. The van der Waals surface area contributed by atoms with Crippen LogP contribution >= 0.6 is 11.3 Å². The Kier molecular flexibility index (Phi) is 6.84. The van der Waals surface area contributed by atoms with Gasteiger partial charge in [0.2, 0.25) is 0 Å². The van der Waals surface area contributed by atoms with Crippen LogP contribution in [0.1, 0.15) is 49.5 Å². The average Bonchev–Trinajstić information content (AvgIpc) is 3.42. The SMILES string of the molecule is CCC(CF)COc1ccc2nc(CC(O)c3cnc(N4CCCCC4)s3)oc2c1. The maximum absolute atomic E-state index is 12.8. The molecule has 0 saturated carbocycles. The Balaban J connectivity index is 1.40. The van der Waals surface area contributed by atoms with Gasteiger partial charge in [-0.15, -0.1) is 0 Å². The summed E-state index contributed by atoms with van der Waals surface area (Å²) in [5, 5.41) is 11.6. The van der Waals surface area contributed by atoms with E-state index in [1.807, 2.05) is 19.1 Å². The number of hydrogen-bond acceptors (Lipinski definition) is 7. The van der Waals surface area contributed by atoms with E-state index in [-0.39, 0.29) is 19.0 Å². The second-order valence-electron chi connectivity index (χ2n) is 7.79. The third kappa shape index (κ3) is 4.92. The molecule has 2 unspecified atom stereocenters. The zero-order chi connectivity index (χ0) is 20.9. The molecule has 8 heteroatoms. The minimum Gasteiger partial charge on any atom is -0.493 e. The molecule has 3 aromatic rings. The highest BCUT2D eigenvalue weighted by Crippen LogP contribution is 2.31. The van der Waals surface area contributed by atoms with Crippen molar-refractivity contribution in [2.45, 2.75) is 45.1 Å². The summed E-state index contributed by atoms with van der Waals surface area (Å²) < 4.78 is 24.4. The van der Waals surface area contributed by atoms with E-state index in [1.54, 1.807) is 12.3 Å². The number of thiazole rings is 1. The monoisotopic (exact) mass is 433 g/mol. The van der Waals surface area contributed by atoms with E-state index in [0.29, 0.717) is 29.3 Å². The lowest BCUT2D eigenvalue weighted by Crippen LogP contribution is -2.29. The number of aliphatic hydroxyl groups excluding tert-OH is 1. The molecule has 1 fully saturated rings. The number of aromatic nitrogens is 2. The highest BCUT2D eigenvalue weighted by molar-refractivity contribution is 7.15. The molecule has 1 aliphatic heterocycles. The fourth-order valence-corrected chi connectivity index (χ4v) is 4.50. The van der Waals surface area contributed by atoms with Crippen LogP contribution in [0.4, 0.5) is 9.52 Å². The molecule has 6 nitrogen and oxygen atoms in total. The van der Waals surface area contributed by atoms with E-state index in [9.17, 15) is 9.50 Å². The minimum atomic E-state index is -0.709. The number of nitrogens with zero attached hydrogens (tertiary/aromatic N) is 3. The molecule has 0 amide bonds. The van der Waals surface area contributed by atoms with Crippen molar-refractivity contribution in [2.75, 3.05) is 31.3 Å². The summed E-state index contributed by atoms with van der Waals surface area (Å²) in [5.41, 5.74) is 1.31. The van der Waals surface area contributed by atoms with Gasteiger partial charge in [0.1, 0.15) is 11.3 Å². The molecule has 1 aliphatic rings. The summed E-state index contributed by atoms with van der Waals surface area (Å²) in [6.07, 6.45) is 5.73. The van der Waals surface area contributed by atoms with Crippen LogP contribution in [0.3, 0.4) is 0 Å². The van der Waals surface area contributed by atoms with Gasteiger partial charge in [0.25, 0.3) is 0 Å². The molecule has 0 bridgehead atoms. The molecule has 0 aliphatic carbocycles. The van der Waals surface area contributed by atoms with Gasteiger partial charge >= 0.3 is 0 Å². The van der Waals surface area contributed by atoms with Crippen molar-refractivity contribution in [2.24, 2.45) is 5.92 Å². The van der Waals surface area contributed by atoms with Gasteiger partial charge in [0.05, 0.1) is 30.7 Å². The molecular formula is C22H28FN3O3S. The van der Waals surface area contributed by atoms with Crippen LogP contribution < -0.4 is 9.64 Å². The van der Waals surface area contributed by atoms with Crippen molar-refractivity contribution in [3.05, 3.63) is 35.2 Å². The van der Waals surface area contributed by atoms with E-state index in [4.69, 9.17) is 9.15 Å². The van der Waals surface area contributed by atoms with E-state index in [2.05, 4.69) is 14.9 Å². The number of oxazole rings is 1. The van der Waals surface area contributed by atoms with Crippen molar-refractivity contribution in [1.29, 1.82) is 0 Å². The van der Waals surface area contributed by atoms with E-state index < -0.39 is 6.10 Å². The number of alkyl halides is 1. The summed E-state index contributed by atoms with van der Waals surface area (Å²) in [4.78, 5) is 12.1. The van der Waals surface area contributed by atoms with Crippen LogP contribution in [0.15, 0.2) is 28.8 Å². The van der Waals surface area contributed by atoms with E-state index >= 15 is 0 Å². The van der Waals surface area contributed by atoms with Crippen LogP contribution in [0.25, 0.3) is 11.1 Å². The topological polar surface area (TPSA) is 71.6 Å². The quantitative estimate of drug-likeness (QED) is 0.516. The standard InChI is InChI=1S/C22H28FN3O3S/c1-2-15(12-23)14-28-16-6-7-17-19(10-16)29-21(25-17)11-18(27)20-13-24-22(30-20)26-8-4-3-5-9-26/h6-7,10,13,15,18,27H,2-5,8-9,11-12,14H2,1H3. The summed E-state index contributed by atoms with van der Waals surface area (Å²) >= 11 is 1.53. The number of aliphatic hydroxyl groups is 1. The Morgan fingerprint density at radius 1 is 1.30 bits per heavy atom. The summed E-state index contributed by atoms with van der Waals surface area (Å²) in [7, 11) is 0. The van der Waals surface area contributed by atoms with E-state index in [0.717, 1.165) is 29.5 Å². The van der Waals surface area contributed by atoms with Gasteiger partial charge < -0.3 is 19.2 Å². The maximum Gasteiger partial charge on any atom is 0.198 e. The molecule has 2 aromatic heterocycles. The number of anilines is 1. The lowest BCUT2D eigenvalue weighted by molar-refractivity contribution is 0.173. The number of hydrogen-bond donors (Lipinski definition) is 1. The number of halogens is 1. The highest BCUT2D eigenvalue weighted by atomic mass is 32.1. The van der Waals surface area contributed by atoms with Gasteiger partial charge in [-0.2, -0.15) is 0 Å². The predicted octanol–water partition coefficient (Wildman–Crippen LogP) is 4.93. The number of benzene rings is 1. The van der Waals surface area contributed by atoms with Crippen molar-refractivity contribution >= 4 is 27.6 Å². The molecule has 4 rings (SSSR count). The Labute approximate surface area is 179 Å². The number of ether oxygens (including phenoxy) is 1. The predicted molar refractivity (Wildman–Crippen MR) is 116 cm³/mol. The zero-order valence-electron chi connectivity index (χ0n) is 17.2. The average molecular weight is 434 g/mol. The number of fused-ring (bicyclic) bond motifs is 1. The molecule has 0 radical (unpaired) electrons. The fourth-order valence-electron chi connectivity index (χ4n) is 3.54. The number of rotatable bonds is 9. The highest BCUT2D eigenvalue weighted by Gasteiger charge is 2.20. The fraction of sp³-hybridized carbons (Fsp3) is 0.545. The van der Waals surface area contributed by atoms with Gasteiger partial charge in [0, 0.05) is 31.3 Å². The van der Waals surface area contributed by atoms with Gasteiger partial charge in [-0.3, -0.25) is 4.39 Å². The molecule has 1 aromatic carbocycles. The molecule has 3 heterocycles. The van der Waals surface area contributed by atoms with Crippen LogP contribution in [-0.4, -0.2) is 41.4 Å². The third-order valence-corrected chi connectivity index (χ3v) is 6.68. The van der Waals surface area contributed by atoms with E-state index in [1.165, 1.54) is 30.6 Å².